The highest BCUT2D eigenvalue weighted by atomic mass is 19.4. The Kier molecular flexibility index (Phi) is 6.15. The van der Waals surface area contributed by atoms with Crippen LogP contribution in [0.2, 0.25) is 0 Å². The maximum atomic E-state index is 13.1. The molecule has 170 valence electrons. The van der Waals surface area contributed by atoms with Crippen molar-refractivity contribution < 1.29 is 27.8 Å². The molecule has 32 heavy (non-hydrogen) atoms. The zero-order valence-electron chi connectivity index (χ0n) is 17.7. The largest absolute Gasteiger partial charge is 0.493 e. The van der Waals surface area contributed by atoms with Gasteiger partial charge in [0, 0.05) is 24.0 Å². The van der Waals surface area contributed by atoms with E-state index in [1.807, 2.05) is 0 Å². The van der Waals surface area contributed by atoms with E-state index in [2.05, 4.69) is 11.9 Å². The number of likely N-dealkylation sites (tertiary alicyclic amines) is 1. The third-order valence-corrected chi connectivity index (χ3v) is 6.08. The quantitative estimate of drug-likeness (QED) is 0.537. The Morgan fingerprint density at radius 1 is 1.19 bits per heavy atom. The summed E-state index contributed by atoms with van der Waals surface area (Å²) in [4.78, 5) is 14.1. The van der Waals surface area contributed by atoms with Crippen LogP contribution < -0.4 is 4.74 Å². The SMILES string of the molecule is CN1CCCC1CCOc1ccc2cc(C(=O)O)n(Cc3cccc(C(F)(F)F)c3)c2c1. The molecule has 1 atom stereocenters. The average molecular weight is 446 g/mol. The number of hydrogen-bond acceptors (Lipinski definition) is 3. The summed E-state index contributed by atoms with van der Waals surface area (Å²) in [6, 6.07) is 12.3. The van der Waals surface area contributed by atoms with Gasteiger partial charge in [0.15, 0.2) is 0 Å². The van der Waals surface area contributed by atoms with E-state index >= 15 is 0 Å². The molecule has 3 aromatic rings. The highest BCUT2D eigenvalue weighted by molar-refractivity contribution is 5.95. The van der Waals surface area contributed by atoms with Crippen molar-refractivity contribution in [2.24, 2.45) is 0 Å². The third kappa shape index (κ3) is 4.75. The molecule has 1 aromatic heterocycles. The van der Waals surface area contributed by atoms with E-state index in [0.717, 1.165) is 31.5 Å². The van der Waals surface area contributed by atoms with E-state index in [0.29, 0.717) is 34.9 Å². The Morgan fingerprint density at radius 2 is 2.00 bits per heavy atom. The van der Waals surface area contributed by atoms with Crippen LogP contribution >= 0.6 is 0 Å². The monoisotopic (exact) mass is 446 g/mol. The van der Waals surface area contributed by atoms with E-state index in [-0.39, 0.29) is 12.2 Å². The Morgan fingerprint density at radius 3 is 2.69 bits per heavy atom. The van der Waals surface area contributed by atoms with E-state index in [1.165, 1.54) is 23.1 Å². The topological polar surface area (TPSA) is 54.7 Å². The van der Waals surface area contributed by atoms with Gasteiger partial charge in [-0.05, 0) is 68.8 Å². The van der Waals surface area contributed by atoms with Crippen molar-refractivity contribution in [1.29, 1.82) is 0 Å². The number of rotatable bonds is 7. The van der Waals surface area contributed by atoms with Gasteiger partial charge in [0.25, 0.3) is 0 Å². The van der Waals surface area contributed by atoms with Gasteiger partial charge >= 0.3 is 12.1 Å². The van der Waals surface area contributed by atoms with Crippen LogP contribution in [-0.2, 0) is 12.7 Å². The van der Waals surface area contributed by atoms with E-state index in [1.54, 1.807) is 24.3 Å². The van der Waals surface area contributed by atoms with Crippen molar-refractivity contribution in [3.63, 3.8) is 0 Å². The molecule has 1 N–H and O–H groups in total. The van der Waals surface area contributed by atoms with Crippen LogP contribution in [0.25, 0.3) is 10.9 Å². The van der Waals surface area contributed by atoms with Crippen molar-refractivity contribution in [3.05, 3.63) is 65.4 Å². The lowest BCUT2D eigenvalue weighted by molar-refractivity contribution is -0.137. The minimum atomic E-state index is -4.46. The molecule has 2 aromatic carbocycles. The highest BCUT2D eigenvalue weighted by Gasteiger charge is 2.30. The molecule has 5 nitrogen and oxygen atoms in total. The minimum Gasteiger partial charge on any atom is -0.493 e. The van der Waals surface area contributed by atoms with Crippen molar-refractivity contribution in [2.45, 2.75) is 38.0 Å². The molecule has 8 heteroatoms. The number of aromatic nitrogens is 1. The van der Waals surface area contributed by atoms with Gasteiger partial charge in [0.1, 0.15) is 11.4 Å². The second-order valence-corrected chi connectivity index (χ2v) is 8.25. The lowest BCUT2D eigenvalue weighted by Crippen LogP contribution is -2.26. The molecule has 0 saturated carbocycles. The summed E-state index contributed by atoms with van der Waals surface area (Å²) in [5.74, 6) is -0.529. The molecular weight excluding hydrogens is 421 g/mol. The first-order chi connectivity index (χ1) is 15.2. The molecular formula is C24H25F3N2O3. The number of halogens is 3. The number of carboxylic acid groups (broad SMARTS) is 1. The van der Waals surface area contributed by atoms with Gasteiger partial charge < -0.3 is 19.3 Å². The normalized spacial score (nSPS) is 17.2. The van der Waals surface area contributed by atoms with Crippen molar-refractivity contribution >= 4 is 16.9 Å². The summed E-state index contributed by atoms with van der Waals surface area (Å²) in [6.45, 7) is 1.64. The number of alkyl halides is 3. The maximum absolute atomic E-state index is 13.1. The lowest BCUT2D eigenvalue weighted by atomic mass is 10.1. The fourth-order valence-electron chi connectivity index (χ4n) is 4.36. The van der Waals surface area contributed by atoms with E-state index < -0.39 is 17.7 Å². The molecule has 0 amide bonds. The van der Waals surface area contributed by atoms with Crippen LogP contribution in [0.15, 0.2) is 48.5 Å². The summed E-state index contributed by atoms with van der Waals surface area (Å²) in [7, 11) is 2.11. The van der Waals surface area contributed by atoms with Crippen LogP contribution in [0, 0.1) is 0 Å². The summed E-state index contributed by atoms with van der Waals surface area (Å²) < 4.78 is 46.7. The molecule has 4 rings (SSSR count). The standard InChI is InChI=1S/C24H25F3N2O3/c1-28-10-3-6-19(28)9-11-32-20-8-7-17-13-22(23(30)31)29(21(17)14-20)15-16-4-2-5-18(12-16)24(25,26)27/h2,4-5,7-8,12-14,19H,3,6,9-11,15H2,1H3,(H,30,31). The number of aromatic carboxylic acids is 1. The smallest absolute Gasteiger partial charge is 0.416 e. The number of hydrogen-bond donors (Lipinski definition) is 1. The summed E-state index contributed by atoms with van der Waals surface area (Å²) in [6.07, 6.45) is -1.21. The first kappa shape index (κ1) is 22.2. The molecule has 1 aliphatic heterocycles. The zero-order valence-corrected chi connectivity index (χ0v) is 17.7. The molecule has 1 unspecified atom stereocenters. The van der Waals surface area contributed by atoms with Gasteiger partial charge in [-0.3, -0.25) is 0 Å². The third-order valence-electron chi connectivity index (χ3n) is 6.08. The Hall–Kier alpha value is -3.00. The zero-order chi connectivity index (χ0) is 22.9. The Labute approximate surface area is 184 Å². The van der Waals surface area contributed by atoms with E-state index in [4.69, 9.17) is 4.74 Å². The first-order valence-corrected chi connectivity index (χ1v) is 10.6. The molecule has 1 aliphatic rings. The number of nitrogens with zero attached hydrogens (tertiary/aromatic N) is 2. The van der Waals surface area contributed by atoms with Crippen molar-refractivity contribution in [3.8, 4) is 5.75 Å². The molecule has 0 spiro atoms. The number of benzene rings is 2. The number of carboxylic acids is 1. The molecule has 1 fully saturated rings. The Bertz CT molecular complexity index is 1120. The fraction of sp³-hybridized carbons (Fsp3) is 0.375. The number of fused-ring (bicyclic) bond motifs is 1. The van der Waals surface area contributed by atoms with Gasteiger partial charge in [-0.1, -0.05) is 12.1 Å². The summed E-state index contributed by atoms with van der Waals surface area (Å²) >= 11 is 0. The average Bonchev–Trinajstić information content (AvgIpc) is 3.31. The van der Waals surface area contributed by atoms with Crippen LogP contribution in [0.1, 0.15) is 40.9 Å². The molecule has 2 heterocycles. The van der Waals surface area contributed by atoms with Crippen LogP contribution in [-0.4, -0.2) is 46.8 Å². The first-order valence-electron chi connectivity index (χ1n) is 10.6. The predicted octanol–water partition coefficient (Wildman–Crippen LogP) is 5.27. The summed E-state index contributed by atoms with van der Waals surface area (Å²) in [5, 5.41) is 10.3. The minimum absolute atomic E-state index is 0.00533. The predicted molar refractivity (Wildman–Crippen MR) is 115 cm³/mol. The van der Waals surface area contributed by atoms with Gasteiger partial charge in [-0.15, -0.1) is 0 Å². The summed E-state index contributed by atoms with van der Waals surface area (Å²) in [5.41, 5.74) is 0.233. The van der Waals surface area contributed by atoms with E-state index in [9.17, 15) is 23.1 Å². The van der Waals surface area contributed by atoms with Crippen molar-refractivity contribution in [2.75, 3.05) is 20.2 Å². The molecule has 0 aliphatic carbocycles. The Balaban J connectivity index is 1.59. The fourth-order valence-corrected chi connectivity index (χ4v) is 4.36. The number of carbonyl (C=O) groups is 1. The lowest BCUT2D eigenvalue weighted by Gasteiger charge is -2.19. The highest BCUT2D eigenvalue weighted by Crippen LogP contribution is 2.31. The van der Waals surface area contributed by atoms with Crippen LogP contribution in [0.5, 0.6) is 5.75 Å². The second-order valence-electron chi connectivity index (χ2n) is 8.25. The molecule has 0 bridgehead atoms. The van der Waals surface area contributed by atoms with Gasteiger partial charge in [-0.2, -0.15) is 13.2 Å². The van der Waals surface area contributed by atoms with Gasteiger partial charge in [0.2, 0.25) is 0 Å². The van der Waals surface area contributed by atoms with Gasteiger partial charge in [0.05, 0.1) is 17.7 Å². The van der Waals surface area contributed by atoms with Crippen LogP contribution in [0.3, 0.4) is 0 Å². The molecule has 1 saturated heterocycles. The van der Waals surface area contributed by atoms with Gasteiger partial charge in [-0.25, -0.2) is 4.79 Å². The second kappa shape index (κ2) is 8.86. The molecule has 0 radical (unpaired) electrons. The number of ether oxygens (including phenoxy) is 1. The van der Waals surface area contributed by atoms with Crippen molar-refractivity contribution in [1.82, 2.24) is 9.47 Å². The maximum Gasteiger partial charge on any atom is 0.416 e. The van der Waals surface area contributed by atoms with Crippen LogP contribution in [0.4, 0.5) is 13.2 Å².